The van der Waals surface area contributed by atoms with Gasteiger partial charge in [0.25, 0.3) is 11.8 Å². The van der Waals surface area contributed by atoms with Crippen LogP contribution in [0.3, 0.4) is 0 Å². The summed E-state index contributed by atoms with van der Waals surface area (Å²) in [5.41, 5.74) is 4.61. The van der Waals surface area contributed by atoms with E-state index in [1.165, 1.54) is 6.20 Å². The van der Waals surface area contributed by atoms with Gasteiger partial charge in [-0.2, -0.15) is 4.98 Å². The molecule has 0 saturated heterocycles. The largest absolute Gasteiger partial charge is 0.483 e. The quantitative estimate of drug-likeness (QED) is 0.208. The van der Waals surface area contributed by atoms with Crippen LogP contribution in [0.25, 0.3) is 0 Å². The van der Waals surface area contributed by atoms with Crippen LogP contribution >= 0.6 is 0 Å². The molecular formula is C34H38N6O4. The molecule has 0 saturated carbocycles. The second-order valence-electron chi connectivity index (χ2n) is 11.8. The number of carbonyl (C=O) groups is 2. The van der Waals surface area contributed by atoms with Crippen LogP contribution in [0.4, 0.5) is 17.3 Å². The second-order valence-corrected chi connectivity index (χ2v) is 11.8. The molecule has 5 rings (SSSR count). The van der Waals surface area contributed by atoms with Crippen LogP contribution in [0.1, 0.15) is 51.3 Å². The summed E-state index contributed by atoms with van der Waals surface area (Å²) in [4.78, 5) is 37.1. The molecule has 0 bridgehead atoms. The number of nitrogens with one attached hydrogen (secondary N) is 3. The molecule has 3 N–H and O–H groups in total. The lowest BCUT2D eigenvalue weighted by molar-refractivity contribution is 0.0950. The number of anilines is 3. The topological polar surface area (TPSA) is 118 Å². The number of ether oxygens (including phenoxy) is 2. The molecule has 0 unspecified atom stereocenters. The summed E-state index contributed by atoms with van der Waals surface area (Å²) < 4.78 is 12.5. The van der Waals surface area contributed by atoms with E-state index < -0.39 is 5.91 Å². The highest BCUT2D eigenvalue weighted by Gasteiger charge is 2.33. The first kappa shape index (κ1) is 30.5. The Morgan fingerprint density at radius 3 is 2.39 bits per heavy atom. The number of amides is 2. The summed E-state index contributed by atoms with van der Waals surface area (Å²) in [5.74, 6) is 0.841. The monoisotopic (exact) mass is 594 g/mol. The number of rotatable bonds is 10. The van der Waals surface area contributed by atoms with E-state index in [-0.39, 0.29) is 28.9 Å². The van der Waals surface area contributed by atoms with Gasteiger partial charge in [-0.25, -0.2) is 4.98 Å². The average molecular weight is 595 g/mol. The van der Waals surface area contributed by atoms with Crippen molar-refractivity contribution in [1.82, 2.24) is 20.2 Å². The van der Waals surface area contributed by atoms with Gasteiger partial charge in [-0.15, -0.1) is 0 Å². The molecule has 0 atom stereocenters. The summed E-state index contributed by atoms with van der Waals surface area (Å²) in [7, 11) is 3.91. The van der Waals surface area contributed by atoms with E-state index in [9.17, 15) is 9.59 Å². The van der Waals surface area contributed by atoms with Gasteiger partial charge in [0.1, 0.15) is 11.2 Å². The highest BCUT2D eigenvalue weighted by atomic mass is 16.5. The van der Waals surface area contributed by atoms with E-state index in [1.807, 2.05) is 77.0 Å². The SMILES string of the molecule is Cc1cccc(C)c1NC(=O)c1cnc(Nc2ccc(C(=O)NCCN(C)C)cc2)nc1Oc1cccc2c1OC(C)(C)C2. The Labute approximate surface area is 257 Å². The van der Waals surface area contributed by atoms with Gasteiger partial charge in [0.05, 0.1) is 0 Å². The lowest BCUT2D eigenvalue weighted by Gasteiger charge is -2.19. The normalized spacial score (nSPS) is 13.2. The standard InChI is InChI=1S/C34H38N6O4/c1-21-9-7-10-22(2)28(21)38-31(42)26-20-36-33(37-25-15-13-23(14-16-25)30(41)35-17-18-40(5)6)39-32(26)43-27-12-8-11-24-19-34(3,4)44-29(24)27/h7-16,20H,17-19H2,1-6H3,(H,35,41)(H,38,42)(H,36,37,39). The van der Waals surface area contributed by atoms with Crippen molar-refractivity contribution in [3.63, 3.8) is 0 Å². The van der Waals surface area contributed by atoms with E-state index in [4.69, 9.17) is 9.47 Å². The van der Waals surface area contributed by atoms with Gasteiger partial charge < -0.3 is 30.3 Å². The number of likely N-dealkylation sites (N-methyl/N-ethyl adjacent to an activating group) is 1. The molecule has 0 spiro atoms. The fourth-order valence-electron chi connectivity index (χ4n) is 4.95. The Balaban J connectivity index is 1.41. The van der Waals surface area contributed by atoms with Crippen molar-refractivity contribution in [3.05, 3.63) is 94.7 Å². The van der Waals surface area contributed by atoms with Gasteiger partial charge in [-0.05, 0) is 83.2 Å². The Kier molecular flexibility index (Phi) is 8.82. The van der Waals surface area contributed by atoms with Crippen LogP contribution in [0.5, 0.6) is 17.4 Å². The zero-order valence-corrected chi connectivity index (χ0v) is 25.9. The van der Waals surface area contributed by atoms with Crippen LogP contribution in [-0.4, -0.2) is 59.5 Å². The van der Waals surface area contributed by atoms with Gasteiger partial charge in [0, 0.05) is 48.2 Å². The first-order chi connectivity index (χ1) is 21.0. The minimum Gasteiger partial charge on any atom is -0.483 e. The molecular weight excluding hydrogens is 556 g/mol. The lowest BCUT2D eigenvalue weighted by atomic mass is 10.0. The molecule has 0 fully saturated rings. The first-order valence-electron chi connectivity index (χ1n) is 14.5. The van der Waals surface area contributed by atoms with Crippen LogP contribution < -0.4 is 25.4 Å². The Bertz CT molecular complexity index is 1660. The van der Waals surface area contributed by atoms with E-state index in [2.05, 4.69) is 25.9 Å². The van der Waals surface area contributed by atoms with Gasteiger partial charge in [-0.1, -0.05) is 30.3 Å². The number of nitrogens with zero attached hydrogens (tertiary/aromatic N) is 3. The van der Waals surface area contributed by atoms with Gasteiger partial charge in [0.15, 0.2) is 11.5 Å². The maximum atomic E-state index is 13.6. The molecule has 228 valence electrons. The highest BCUT2D eigenvalue weighted by molar-refractivity contribution is 6.06. The summed E-state index contributed by atoms with van der Waals surface area (Å²) in [6.07, 6.45) is 2.17. The summed E-state index contributed by atoms with van der Waals surface area (Å²) in [6, 6.07) is 18.5. The molecule has 10 heteroatoms. The molecule has 2 heterocycles. The van der Waals surface area contributed by atoms with E-state index in [0.717, 1.165) is 35.3 Å². The van der Waals surface area contributed by atoms with Gasteiger partial charge in [0.2, 0.25) is 11.8 Å². The third-order valence-electron chi connectivity index (χ3n) is 7.23. The Hall–Kier alpha value is -4.96. The average Bonchev–Trinajstić information content (AvgIpc) is 3.30. The van der Waals surface area contributed by atoms with E-state index >= 15 is 0 Å². The number of hydrogen-bond donors (Lipinski definition) is 3. The molecule has 0 aliphatic carbocycles. The van der Waals surface area contributed by atoms with Crippen molar-refractivity contribution in [2.45, 2.75) is 39.7 Å². The number of hydrogen-bond acceptors (Lipinski definition) is 8. The maximum Gasteiger partial charge on any atom is 0.262 e. The second kappa shape index (κ2) is 12.7. The number of aromatic nitrogens is 2. The predicted octanol–water partition coefficient (Wildman–Crippen LogP) is 5.89. The molecule has 1 aliphatic rings. The zero-order chi connectivity index (χ0) is 31.4. The van der Waals surface area contributed by atoms with Gasteiger partial charge in [-0.3, -0.25) is 9.59 Å². The molecule has 0 radical (unpaired) electrons. The fraction of sp³-hybridized carbons (Fsp3) is 0.294. The van der Waals surface area contributed by atoms with Crippen molar-refractivity contribution < 1.29 is 19.1 Å². The number of benzene rings is 3. The molecule has 1 aliphatic heterocycles. The van der Waals surface area contributed by atoms with E-state index in [1.54, 1.807) is 30.3 Å². The highest BCUT2D eigenvalue weighted by Crippen LogP contribution is 2.43. The van der Waals surface area contributed by atoms with Crippen molar-refractivity contribution in [1.29, 1.82) is 0 Å². The van der Waals surface area contributed by atoms with Crippen molar-refractivity contribution in [3.8, 4) is 17.4 Å². The first-order valence-corrected chi connectivity index (χ1v) is 14.5. The van der Waals surface area contributed by atoms with Crippen LogP contribution in [0.15, 0.2) is 66.9 Å². The fourth-order valence-corrected chi connectivity index (χ4v) is 4.95. The smallest absolute Gasteiger partial charge is 0.262 e. The Morgan fingerprint density at radius 2 is 1.68 bits per heavy atom. The summed E-state index contributed by atoms with van der Waals surface area (Å²) >= 11 is 0. The van der Waals surface area contributed by atoms with Crippen LogP contribution in [-0.2, 0) is 6.42 Å². The van der Waals surface area contributed by atoms with Gasteiger partial charge >= 0.3 is 0 Å². The minimum absolute atomic E-state index is 0.0739. The summed E-state index contributed by atoms with van der Waals surface area (Å²) in [5, 5.41) is 9.06. The van der Waals surface area contributed by atoms with Crippen LogP contribution in [0.2, 0.25) is 0 Å². The minimum atomic E-state index is -0.401. The number of aryl methyl sites for hydroxylation is 2. The molecule has 4 aromatic rings. The number of para-hydroxylation sites is 2. The van der Waals surface area contributed by atoms with Crippen LogP contribution in [0, 0.1) is 13.8 Å². The third kappa shape index (κ3) is 7.15. The summed E-state index contributed by atoms with van der Waals surface area (Å²) in [6.45, 7) is 9.22. The number of carbonyl (C=O) groups excluding carboxylic acids is 2. The molecule has 3 aromatic carbocycles. The maximum absolute atomic E-state index is 13.6. The number of fused-ring (bicyclic) bond motifs is 1. The molecule has 2 amide bonds. The Morgan fingerprint density at radius 1 is 0.977 bits per heavy atom. The van der Waals surface area contributed by atoms with Crippen molar-refractivity contribution >= 4 is 29.1 Å². The molecule has 10 nitrogen and oxygen atoms in total. The lowest BCUT2D eigenvalue weighted by Crippen LogP contribution is -2.31. The third-order valence-corrected chi connectivity index (χ3v) is 7.23. The van der Waals surface area contributed by atoms with Crippen molar-refractivity contribution in [2.24, 2.45) is 0 Å². The molecule has 44 heavy (non-hydrogen) atoms. The van der Waals surface area contributed by atoms with E-state index in [0.29, 0.717) is 29.3 Å². The zero-order valence-electron chi connectivity index (χ0n) is 25.9. The molecule has 1 aromatic heterocycles. The predicted molar refractivity (Wildman–Crippen MR) is 171 cm³/mol. The van der Waals surface area contributed by atoms with Crippen molar-refractivity contribution in [2.75, 3.05) is 37.8 Å².